The van der Waals surface area contributed by atoms with Gasteiger partial charge in [0.1, 0.15) is 5.82 Å². The molecule has 9 heteroatoms. The van der Waals surface area contributed by atoms with Crippen molar-refractivity contribution in [3.63, 3.8) is 0 Å². The van der Waals surface area contributed by atoms with Crippen LogP contribution in [0.4, 0.5) is 9.18 Å². The number of hydrogen-bond acceptors (Lipinski definition) is 4. The molecule has 0 aliphatic carbocycles. The van der Waals surface area contributed by atoms with Crippen molar-refractivity contribution in [2.45, 2.75) is 6.42 Å². The average Bonchev–Trinajstić information content (AvgIpc) is 3.10. The van der Waals surface area contributed by atoms with Crippen LogP contribution in [0.2, 0.25) is 0 Å². The molecule has 2 aromatic carbocycles. The van der Waals surface area contributed by atoms with E-state index in [1.54, 1.807) is 36.4 Å². The zero-order valence-electron chi connectivity index (χ0n) is 14.7. The van der Waals surface area contributed by atoms with Crippen molar-refractivity contribution in [2.75, 3.05) is 6.54 Å². The maximum Gasteiger partial charge on any atom is 0.333 e. The SMILES string of the molecule is O=C(NCCc1ccc(F)cc1)NNC(=O)c1nn(-c2ccccc2)cc1O. The zero-order valence-corrected chi connectivity index (χ0v) is 14.7. The van der Waals surface area contributed by atoms with Crippen LogP contribution >= 0.6 is 0 Å². The quantitative estimate of drug-likeness (QED) is 0.505. The Labute approximate surface area is 160 Å². The Kier molecular flexibility index (Phi) is 5.85. The topological polar surface area (TPSA) is 108 Å². The highest BCUT2D eigenvalue weighted by molar-refractivity contribution is 5.95. The number of aromatic nitrogens is 2. The Balaban J connectivity index is 1.48. The number of rotatable bonds is 5. The summed E-state index contributed by atoms with van der Waals surface area (Å²) in [4.78, 5) is 23.9. The molecule has 3 amide bonds. The van der Waals surface area contributed by atoms with E-state index >= 15 is 0 Å². The monoisotopic (exact) mass is 383 g/mol. The average molecular weight is 383 g/mol. The number of aromatic hydroxyl groups is 1. The number of hydrazine groups is 1. The highest BCUT2D eigenvalue weighted by atomic mass is 19.1. The van der Waals surface area contributed by atoms with Crippen molar-refractivity contribution in [2.24, 2.45) is 0 Å². The Morgan fingerprint density at radius 3 is 2.46 bits per heavy atom. The summed E-state index contributed by atoms with van der Waals surface area (Å²) in [5, 5.41) is 16.5. The van der Waals surface area contributed by atoms with E-state index in [1.165, 1.54) is 23.0 Å². The third-order valence-electron chi connectivity index (χ3n) is 3.83. The number of amides is 3. The summed E-state index contributed by atoms with van der Waals surface area (Å²) >= 11 is 0. The van der Waals surface area contributed by atoms with Gasteiger partial charge in [0.25, 0.3) is 5.91 Å². The molecule has 28 heavy (non-hydrogen) atoms. The van der Waals surface area contributed by atoms with Crippen LogP contribution in [0.15, 0.2) is 60.8 Å². The van der Waals surface area contributed by atoms with Gasteiger partial charge in [-0.05, 0) is 36.2 Å². The van der Waals surface area contributed by atoms with E-state index in [9.17, 15) is 19.1 Å². The van der Waals surface area contributed by atoms with Crippen LogP contribution < -0.4 is 16.2 Å². The third-order valence-corrected chi connectivity index (χ3v) is 3.83. The van der Waals surface area contributed by atoms with Gasteiger partial charge in [-0.2, -0.15) is 5.10 Å². The molecule has 1 aromatic heterocycles. The van der Waals surface area contributed by atoms with Crippen LogP contribution in [0.5, 0.6) is 5.75 Å². The van der Waals surface area contributed by atoms with E-state index in [0.717, 1.165) is 5.56 Å². The largest absolute Gasteiger partial charge is 0.504 e. The molecular weight excluding hydrogens is 365 g/mol. The second-order valence-corrected chi connectivity index (χ2v) is 5.85. The van der Waals surface area contributed by atoms with Gasteiger partial charge in [0.2, 0.25) is 0 Å². The van der Waals surface area contributed by atoms with Crippen molar-refractivity contribution in [1.29, 1.82) is 0 Å². The first-order valence-electron chi connectivity index (χ1n) is 8.45. The lowest BCUT2D eigenvalue weighted by Gasteiger charge is -2.08. The number of para-hydroxylation sites is 1. The molecule has 144 valence electrons. The predicted molar refractivity (Wildman–Crippen MR) is 99.3 cm³/mol. The Hall–Kier alpha value is -3.88. The third kappa shape index (κ3) is 4.85. The van der Waals surface area contributed by atoms with Crippen molar-refractivity contribution in [1.82, 2.24) is 25.9 Å². The Morgan fingerprint density at radius 2 is 1.75 bits per heavy atom. The molecule has 0 aliphatic rings. The van der Waals surface area contributed by atoms with Gasteiger partial charge in [-0.3, -0.25) is 10.2 Å². The number of nitrogens with one attached hydrogen (secondary N) is 3. The van der Waals surface area contributed by atoms with Crippen LogP contribution in [0.25, 0.3) is 5.69 Å². The number of benzene rings is 2. The summed E-state index contributed by atoms with van der Waals surface area (Å²) < 4.78 is 14.2. The van der Waals surface area contributed by atoms with Gasteiger partial charge in [0.15, 0.2) is 11.4 Å². The van der Waals surface area contributed by atoms with Gasteiger partial charge in [-0.25, -0.2) is 19.3 Å². The molecule has 0 saturated heterocycles. The Bertz CT molecular complexity index is 957. The fraction of sp³-hybridized carbons (Fsp3) is 0.105. The number of urea groups is 1. The maximum absolute atomic E-state index is 12.8. The second kappa shape index (κ2) is 8.67. The number of hydrogen-bond donors (Lipinski definition) is 4. The van der Waals surface area contributed by atoms with Crippen LogP contribution in [0.3, 0.4) is 0 Å². The minimum atomic E-state index is -0.763. The van der Waals surface area contributed by atoms with E-state index < -0.39 is 11.9 Å². The van der Waals surface area contributed by atoms with E-state index in [2.05, 4.69) is 21.3 Å². The lowest BCUT2D eigenvalue weighted by atomic mass is 10.1. The van der Waals surface area contributed by atoms with Gasteiger partial charge in [-0.15, -0.1) is 0 Å². The summed E-state index contributed by atoms with van der Waals surface area (Å²) in [5.41, 5.74) is 5.66. The van der Waals surface area contributed by atoms with E-state index in [0.29, 0.717) is 18.7 Å². The second-order valence-electron chi connectivity index (χ2n) is 5.85. The van der Waals surface area contributed by atoms with Crippen molar-refractivity contribution in [3.8, 4) is 11.4 Å². The molecule has 0 fully saturated rings. The first-order chi connectivity index (χ1) is 13.5. The smallest absolute Gasteiger partial charge is 0.333 e. The summed E-state index contributed by atoms with van der Waals surface area (Å²) in [5.74, 6) is -1.41. The number of nitrogens with zero attached hydrogens (tertiary/aromatic N) is 2. The lowest BCUT2D eigenvalue weighted by Crippen LogP contribution is -2.47. The standard InChI is InChI=1S/C19H18FN5O3/c20-14-8-6-13(7-9-14)10-11-21-19(28)23-22-18(27)17-16(26)12-25(24-17)15-4-2-1-3-5-15/h1-9,12,26H,10-11H2,(H,22,27)(H2,21,23,28). The summed E-state index contributed by atoms with van der Waals surface area (Å²) in [6.45, 7) is 0.293. The summed E-state index contributed by atoms with van der Waals surface area (Å²) in [6.07, 6.45) is 1.80. The highest BCUT2D eigenvalue weighted by Gasteiger charge is 2.17. The van der Waals surface area contributed by atoms with Crippen LogP contribution in [-0.4, -0.2) is 33.4 Å². The molecule has 8 nitrogen and oxygen atoms in total. The molecule has 0 atom stereocenters. The zero-order chi connectivity index (χ0) is 19.9. The first-order valence-corrected chi connectivity index (χ1v) is 8.45. The summed E-state index contributed by atoms with van der Waals surface area (Å²) in [7, 11) is 0. The highest BCUT2D eigenvalue weighted by Crippen LogP contribution is 2.17. The number of halogens is 1. The minimum Gasteiger partial charge on any atom is -0.504 e. The van der Waals surface area contributed by atoms with Crippen LogP contribution in [0.1, 0.15) is 16.1 Å². The molecule has 0 spiro atoms. The van der Waals surface area contributed by atoms with Crippen LogP contribution in [-0.2, 0) is 6.42 Å². The number of carbonyl (C=O) groups excluding carboxylic acids is 2. The predicted octanol–water partition coefficient (Wildman–Crippen LogP) is 1.90. The normalized spacial score (nSPS) is 10.3. The van der Waals surface area contributed by atoms with Gasteiger partial charge in [0, 0.05) is 6.54 Å². The molecule has 4 N–H and O–H groups in total. The molecule has 3 rings (SSSR count). The van der Waals surface area contributed by atoms with E-state index in [-0.39, 0.29) is 17.3 Å². The molecule has 0 unspecified atom stereocenters. The van der Waals surface area contributed by atoms with Crippen molar-refractivity contribution >= 4 is 11.9 Å². The number of carbonyl (C=O) groups is 2. The van der Waals surface area contributed by atoms with Gasteiger partial charge in [0.05, 0.1) is 11.9 Å². The molecule has 0 bridgehead atoms. The summed E-state index contributed by atoms with van der Waals surface area (Å²) in [6, 6.07) is 14.3. The molecule has 0 saturated carbocycles. The van der Waals surface area contributed by atoms with Crippen molar-refractivity contribution < 1.29 is 19.1 Å². The van der Waals surface area contributed by atoms with Crippen molar-refractivity contribution in [3.05, 3.63) is 77.9 Å². The lowest BCUT2D eigenvalue weighted by molar-refractivity contribution is 0.0928. The van der Waals surface area contributed by atoms with Gasteiger partial charge < -0.3 is 10.4 Å². The fourth-order valence-corrected chi connectivity index (χ4v) is 2.43. The van der Waals surface area contributed by atoms with E-state index in [4.69, 9.17) is 0 Å². The molecular formula is C19H18FN5O3. The van der Waals surface area contributed by atoms with Crippen LogP contribution in [0, 0.1) is 5.82 Å². The van der Waals surface area contributed by atoms with Gasteiger partial charge >= 0.3 is 6.03 Å². The molecule has 3 aromatic rings. The molecule has 0 radical (unpaired) electrons. The van der Waals surface area contributed by atoms with Gasteiger partial charge in [-0.1, -0.05) is 30.3 Å². The van der Waals surface area contributed by atoms with E-state index in [1.807, 2.05) is 6.07 Å². The first kappa shape index (κ1) is 18.9. The molecule has 1 heterocycles. The fourth-order valence-electron chi connectivity index (χ4n) is 2.43. The molecule has 0 aliphatic heterocycles. The maximum atomic E-state index is 12.8. The Morgan fingerprint density at radius 1 is 1.04 bits per heavy atom. The minimum absolute atomic E-state index is 0.226.